The van der Waals surface area contributed by atoms with E-state index in [4.69, 9.17) is 18.9 Å². The second-order valence-electron chi connectivity index (χ2n) is 7.33. The first-order valence-corrected chi connectivity index (χ1v) is 10.3. The van der Waals surface area contributed by atoms with Gasteiger partial charge in [-0.3, -0.25) is 9.59 Å². The van der Waals surface area contributed by atoms with Gasteiger partial charge in [0.15, 0.2) is 0 Å². The molecular weight excluding hydrogens is 440 g/mol. The predicted molar refractivity (Wildman–Crippen MR) is 124 cm³/mol. The highest BCUT2D eigenvalue weighted by molar-refractivity contribution is 6.16. The lowest BCUT2D eigenvalue weighted by atomic mass is 9.85. The fourth-order valence-electron chi connectivity index (χ4n) is 3.88. The number of rotatable bonds is 7. The van der Waals surface area contributed by atoms with E-state index in [1.165, 1.54) is 34.5 Å². The second kappa shape index (κ2) is 10.6. The summed E-state index contributed by atoms with van der Waals surface area (Å²) in [4.78, 5) is 49.9. The Morgan fingerprint density at radius 1 is 0.647 bits per heavy atom. The first-order chi connectivity index (χ1) is 16.4. The maximum absolute atomic E-state index is 13.0. The summed E-state index contributed by atoms with van der Waals surface area (Å²) in [5, 5.41) is 1.15. The molecule has 34 heavy (non-hydrogen) atoms. The van der Waals surface area contributed by atoms with Crippen LogP contribution < -0.4 is 0 Å². The van der Waals surface area contributed by atoms with E-state index in [0.717, 1.165) is 0 Å². The van der Waals surface area contributed by atoms with E-state index in [0.29, 0.717) is 33.0 Å². The van der Waals surface area contributed by atoms with Gasteiger partial charge < -0.3 is 18.9 Å². The molecule has 0 aliphatic rings. The van der Waals surface area contributed by atoms with Crippen molar-refractivity contribution in [2.45, 2.75) is 12.8 Å². The third-order valence-corrected chi connectivity index (χ3v) is 5.48. The number of carbonyl (C=O) groups excluding carboxylic acids is 4. The maximum atomic E-state index is 13.0. The normalized spacial score (nSPS) is 10.5. The fraction of sp³-hybridized carbons (Fsp3) is 0.231. The van der Waals surface area contributed by atoms with Crippen molar-refractivity contribution < 1.29 is 38.1 Å². The van der Waals surface area contributed by atoms with Crippen LogP contribution in [0.25, 0.3) is 21.9 Å². The van der Waals surface area contributed by atoms with Crippen molar-refractivity contribution in [3.63, 3.8) is 0 Å². The molecule has 0 spiro atoms. The van der Waals surface area contributed by atoms with E-state index >= 15 is 0 Å². The zero-order chi connectivity index (χ0) is 24.8. The number of esters is 4. The van der Waals surface area contributed by atoms with Gasteiger partial charge in [0, 0.05) is 5.56 Å². The number of fused-ring (bicyclic) bond motifs is 1. The summed E-state index contributed by atoms with van der Waals surface area (Å²) in [6.45, 7) is 0. The summed E-state index contributed by atoms with van der Waals surface area (Å²) in [7, 11) is 5.00. The van der Waals surface area contributed by atoms with E-state index in [-0.39, 0.29) is 24.0 Å². The summed E-state index contributed by atoms with van der Waals surface area (Å²) < 4.78 is 19.6. The molecule has 3 rings (SSSR count). The quantitative estimate of drug-likeness (QED) is 0.386. The lowest BCUT2D eigenvalue weighted by Crippen LogP contribution is -2.15. The minimum absolute atomic E-state index is 0.00520. The van der Waals surface area contributed by atoms with Crippen LogP contribution in [0.5, 0.6) is 0 Å². The first-order valence-electron chi connectivity index (χ1n) is 10.3. The molecule has 0 fully saturated rings. The molecule has 0 radical (unpaired) electrons. The SMILES string of the molecule is COC(=O)Cc1ccccc1-c1c(C(=O)OC)c(C(=O)OC)cc2c(CC(=O)OC)cccc12. The Balaban J connectivity index is 2.50. The third kappa shape index (κ3) is 4.76. The maximum Gasteiger partial charge on any atom is 0.339 e. The fourth-order valence-corrected chi connectivity index (χ4v) is 3.88. The van der Waals surface area contributed by atoms with Crippen LogP contribution in [-0.4, -0.2) is 52.3 Å². The molecule has 0 amide bonds. The average molecular weight is 464 g/mol. The van der Waals surface area contributed by atoms with Crippen molar-refractivity contribution in [3.05, 3.63) is 70.8 Å². The zero-order valence-electron chi connectivity index (χ0n) is 19.3. The molecule has 0 aromatic heterocycles. The minimum atomic E-state index is -0.748. The van der Waals surface area contributed by atoms with Gasteiger partial charge in [-0.1, -0.05) is 42.5 Å². The van der Waals surface area contributed by atoms with E-state index in [1.54, 1.807) is 42.5 Å². The topological polar surface area (TPSA) is 105 Å². The van der Waals surface area contributed by atoms with Crippen molar-refractivity contribution in [2.24, 2.45) is 0 Å². The van der Waals surface area contributed by atoms with Crippen LogP contribution >= 0.6 is 0 Å². The molecule has 3 aromatic carbocycles. The monoisotopic (exact) mass is 464 g/mol. The third-order valence-electron chi connectivity index (χ3n) is 5.48. The number of methoxy groups -OCH3 is 4. The van der Waals surface area contributed by atoms with Gasteiger partial charge in [0.1, 0.15) is 0 Å². The minimum Gasteiger partial charge on any atom is -0.469 e. The van der Waals surface area contributed by atoms with Crippen molar-refractivity contribution in [1.82, 2.24) is 0 Å². The number of hydrogen-bond acceptors (Lipinski definition) is 8. The molecule has 0 saturated carbocycles. The smallest absolute Gasteiger partial charge is 0.339 e. The zero-order valence-corrected chi connectivity index (χ0v) is 19.3. The Kier molecular flexibility index (Phi) is 7.63. The standard InChI is InChI=1S/C26H24O8/c1-31-21(27)12-15-8-5-6-10-17(15)23-18-11-7-9-16(13-22(28)32-2)19(18)14-20(25(29)33-3)24(23)26(30)34-4/h5-11,14H,12-13H2,1-4H3. The summed E-state index contributed by atoms with van der Waals surface area (Å²) in [5.41, 5.74) is 2.07. The summed E-state index contributed by atoms with van der Waals surface area (Å²) in [6, 6.07) is 13.8. The Hall–Kier alpha value is -4.20. The Morgan fingerprint density at radius 2 is 1.24 bits per heavy atom. The van der Waals surface area contributed by atoms with Crippen molar-refractivity contribution >= 4 is 34.6 Å². The van der Waals surface area contributed by atoms with Crippen LogP contribution in [0.4, 0.5) is 0 Å². The number of benzene rings is 3. The average Bonchev–Trinajstić information content (AvgIpc) is 2.87. The van der Waals surface area contributed by atoms with Crippen LogP contribution in [0.15, 0.2) is 48.5 Å². The largest absolute Gasteiger partial charge is 0.469 e. The number of ether oxygens (including phenoxy) is 4. The van der Waals surface area contributed by atoms with Gasteiger partial charge in [0.05, 0.1) is 52.4 Å². The van der Waals surface area contributed by atoms with Crippen molar-refractivity contribution in [2.75, 3.05) is 28.4 Å². The lowest BCUT2D eigenvalue weighted by Gasteiger charge is -2.19. The molecule has 0 N–H and O–H groups in total. The molecule has 0 heterocycles. The van der Waals surface area contributed by atoms with Gasteiger partial charge >= 0.3 is 23.9 Å². The second-order valence-corrected chi connectivity index (χ2v) is 7.33. The highest BCUT2D eigenvalue weighted by atomic mass is 16.5. The van der Waals surface area contributed by atoms with E-state index in [9.17, 15) is 19.2 Å². The molecule has 0 saturated heterocycles. The van der Waals surface area contributed by atoms with Crippen LogP contribution in [0.3, 0.4) is 0 Å². The molecule has 176 valence electrons. The summed E-state index contributed by atoms with van der Waals surface area (Å²) >= 11 is 0. The summed E-state index contributed by atoms with van der Waals surface area (Å²) in [6.07, 6.45) is -0.103. The van der Waals surface area contributed by atoms with Crippen LogP contribution in [-0.2, 0) is 41.4 Å². The molecule has 0 unspecified atom stereocenters. The summed E-state index contributed by atoms with van der Waals surface area (Å²) in [5.74, 6) is -2.42. The van der Waals surface area contributed by atoms with Crippen LogP contribution in [0.2, 0.25) is 0 Å². The van der Waals surface area contributed by atoms with Crippen molar-refractivity contribution in [3.8, 4) is 11.1 Å². The highest BCUT2D eigenvalue weighted by Crippen LogP contribution is 2.39. The molecule has 8 nitrogen and oxygen atoms in total. The molecule has 0 aliphatic carbocycles. The number of hydrogen-bond donors (Lipinski definition) is 0. The molecule has 8 heteroatoms. The number of carbonyl (C=O) groups is 4. The predicted octanol–water partition coefficient (Wildman–Crippen LogP) is 3.51. The molecule has 0 bridgehead atoms. The Morgan fingerprint density at radius 3 is 1.85 bits per heavy atom. The molecular formula is C26H24O8. The van der Waals surface area contributed by atoms with Crippen molar-refractivity contribution in [1.29, 1.82) is 0 Å². The van der Waals surface area contributed by atoms with Gasteiger partial charge in [0.2, 0.25) is 0 Å². The molecule has 0 aliphatic heterocycles. The Bertz CT molecular complexity index is 1280. The molecule has 0 atom stereocenters. The van der Waals surface area contributed by atoms with Crippen LogP contribution in [0.1, 0.15) is 31.8 Å². The van der Waals surface area contributed by atoms with E-state index in [1.807, 2.05) is 0 Å². The van der Waals surface area contributed by atoms with Gasteiger partial charge in [-0.2, -0.15) is 0 Å². The Labute approximate surface area is 196 Å². The van der Waals surface area contributed by atoms with Gasteiger partial charge in [-0.15, -0.1) is 0 Å². The van der Waals surface area contributed by atoms with Gasteiger partial charge in [0.25, 0.3) is 0 Å². The van der Waals surface area contributed by atoms with Crippen LogP contribution in [0, 0.1) is 0 Å². The molecule has 3 aromatic rings. The first kappa shape index (κ1) is 24.4. The van der Waals surface area contributed by atoms with Gasteiger partial charge in [-0.25, -0.2) is 9.59 Å². The lowest BCUT2D eigenvalue weighted by molar-refractivity contribution is -0.140. The van der Waals surface area contributed by atoms with E-state index < -0.39 is 23.9 Å². The van der Waals surface area contributed by atoms with E-state index in [2.05, 4.69) is 0 Å². The van der Waals surface area contributed by atoms with Gasteiger partial charge in [-0.05, 0) is 33.5 Å². The highest BCUT2D eigenvalue weighted by Gasteiger charge is 2.28.